The van der Waals surface area contributed by atoms with Crippen molar-refractivity contribution in [1.82, 2.24) is 14.8 Å². The average Bonchev–Trinajstić information content (AvgIpc) is 2.46. The maximum atomic E-state index is 12.3. The molecule has 0 unspecified atom stereocenters. The standard InChI is InChI=1S/C13H16N4O3/c1-10(19)15-12-8-11(2-3-14-12)13(20)17-6-4-16(9-18)5-7-17/h2-3,8-9H,4-7H2,1H3,(H,14,15,19). The van der Waals surface area contributed by atoms with Gasteiger partial charge in [-0.15, -0.1) is 0 Å². The summed E-state index contributed by atoms with van der Waals surface area (Å²) in [6.07, 6.45) is 2.28. The quantitative estimate of drug-likeness (QED) is 0.785. The molecule has 20 heavy (non-hydrogen) atoms. The van der Waals surface area contributed by atoms with Crippen molar-refractivity contribution in [2.75, 3.05) is 31.5 Å². The third-order valence-electron chi connectivity index (χ3n) is 3.06. The third-order valence-corrected chi connectivity index (χ3v) is 3.06. The van der Waals surface area contributed by atoms with Crippen LogP contribution in [0.15, 0.2) is 18.3 Å². The second-order valence-electron chi connectivity index (χ2n) is 4.54. The summed E-state index contributed by atoms with van der Waals surface area (Å²) in [4.78, 5) is 41.2. The lowest BCUT2D eigenvalue weighted by Crippen LogP contribution is -2.48. The Kier molecular flexibility index (Phi) is 4.29. The molecule has 2 rings (SSSR count). The molecule has 0 aliphatic carbocycles. The van der Waals surface area contributed by atoms with E-state index < -0.39 is 0 Å². The molecule has 106 valence electrons. The second-order valence-corrected chi connectivity index (χ2v) is 4.54. The molecule has 3 amide bonds. The number of carbonyl (C=O) groups excluding carboxylic acids is 3. The Morgan fingerprint density at radius 2 is 2.00 bits per heavy atom. The van der Waals surface area contributed by atoms with Crippen molar-refractivity contribution < 1.29 is 14.4 Å². The summed E-state index contributed by atoms with van der Waals surface area (Å²) < 4.78 is 0. The van der Waals surface area contributed by atoms with Crippen molar-refractivity contribution in [1.29, 1.82) is 0 Å². The Morgan fingerprint density at radius 3 is 2.60 bits per heavy atom. The summed E-state index contributed by atoms with van der Waals surface area (Å²) >= 11 is 0. The second kappa shape index (κ2) is 6.14. The van der Waals surface area contributed by atoms with Crippen LogP contribution in [0.4, 0.5) is 5.82 Å². The number of nitrogens with one attached hydrogen (secondary N) is 1. The maximum absolute atomic E-state index is 12.3. The average molecular weight is 276 g/mol. The topological polar surface area (TPSA) is 82.6 Å². The van der Waals surface area contributed by atoms with E-state index in [1.165, 1.54) is 13.1 Å². The van der Waals surface area contributed by atoms with Gasteiger partial charge in [0.25, 0.3) is 5.91 Å². The van der Waals surface area contributed by atoms with E-state index in [0.29, 0.717) is 37.6 Å². The highest BCUT2D eigenvalue weighted by Gasteiger charge is 2.21. The zero-order valence-corrected chi connectivity index (χ0v) is 11.2. The number of nitrogens with zero attached hydrogens (tertiary/aromatic N) is 3. The number of anilines is 1. The van der Waals surface area contributed by atoms with Crippen LogP contribution in [0.25, 0.3) is 0 Å². The van der Waals surface area contributed by atoms with Crippen LogP contribution < -0.4 is 5.32 Å². The molecule has 1 saturated heterocycles. The van der Waals surface area contributed by atoms with Crippen LogP contribution in [0, 0.1) is 0 Å². The molecule has 0 atom stereocenters. The van der Waals surface area contributed by atoms with Crippen LogP contribution in [0.2, 0.25) is 0 Å². The Balaban J connectivity index is 2.05. The molecule has 7 nitrogen and oxygen atoms in total. The van der Waals surface area contributed by atoms with Crippen LogP contribution in [-0.4, -0.2) is 59.2 Å². The Labute approximate surface area is 116 Å². The lowest BCUT2D eigenvalue weighted by atomic mass is 10.2. The normalized spacial score (nSPS) is 14.8. The number of amides is 3. The number of aromatic nitrogens is 1. The molecule has 1 aromatic heterocycles. The molecule has 0 aromatic carbocycles. The lowest BCUT2D eigenvalue weighted by molar-refractivity contribution is -0.119. The first-order valence-electron chi connectivity index (χ1n) is 6.32. The largest absolute Gasteiger partial charge is 0.342 e. The van der Waals surface area contributed by atoms with Gasteiger partial charge in [-0.05, 0) is 12.1 Å². The molecule has 1 aliphatic rings. The van der Waals surface area contributed by atoms with E-state index >= 15 is 0 Å². The fourth-order valence-electron chi connectivity index (χ4n) is 2.03. The first kappa shape index (κ1) is 14.0. The minimum atomic E-state index is -0.235. The van der Waals surface area contributed by atoms with Crippen molar-refractivity contribution in [3.63, 3.8) is 0 Å². The van der Waals surface area contributed by atoms with Gasteiger partial charge in [0.15, 0.2) is 0 Å². The summed E-state index contributed by atoms with van der Waals surface area (Å²) in [5.41, 5.74) is 0.475. The van der Waals surface area contributed by atoms with E-state index in [1.807, 2.05) is 0 Å². The first-order valence-corrected chi connectivity index (χ1v) is 6.32. The predicted molar refractivity (Wildman–Crippen MR) is 72.1 cm³/mol. The van der Waals surface area contributed by atoms with Crippen molar-refractivity contribution in [2.24, 2.45) is 0 Å². The number of hydrogen-bond acceptors (Lipinski definition) is 4. The van der Waals surface area contributed by atoms with Gasteiger partial charge in [0.1, 0.15) is 5.82 Å². The minimum absolute atomic E-state index is 0.121. The van der Waals surface area contributed by atoms with Gasteiger partial charge in [-0.3, -0.25) is 14.4 Å². The third kappa shape index (κ3) is 3.31. The molecule has 2 heterocycles. The van der Waals surface area contributed by atoms with E-state index in [9.17, 15) is 14.4 Å². The van der Waals surface area contributed by atoms with E-state index in [0.717, 1.165) is 6.41 Å². The first-order chi connectivity index (χ1) is 9.60. The van der Waals surface area contributed by atoms with E-state index in [4.69, 9.17) is 0 Å². The molecule has 0 spiro atoms. The molecular weight excluding hydrogens is 260 g/mol. The van der Waals surface area contributed by atoms with Crippen molar-refractivity contribution in [2.45, 2.75) is 6.92 Å². The van der Waals surface area contributed by atoms with Crippen molar-refractivity contribution in [3.8, 4) is 0 Å². The molecular formula is C13H16N4O3. The van der Waals surface area contributed by atoms with Crippen LogP contribution in [-0.2, 0) is 9.59 Å². The van der Waals surface area contributed by atoms with Crippen LogP contribution in [0.3, 0.4) is 0 Å². The Morgan fingerprint density at radius 1 is 1.30 bits per heavy atom. The number of piperazine rings is 1. The number of pyridine rings is 1. The van der Waals surface area contributed by atoms with Crippen molar-refractivity contribution in [3.05, 3.63) is 23.9 Å². The highest BCUT2D eigenvalue weighted by atomic mass is 16.2. The van der Waals surface area contributed by atoms with Gasteiger partial charge in [0.05, 0.1) is 0 Å². The number of carbonyl (C=O) groups is 3. The Hall–Kier alpha value is -2.44. The van der Waals surface area contributed by atoms with Crippen LogP contribution in [0.1, 0.15) is 17.3 Å². The zero-order valence-electron chi connectivity index (χ0n) is 11.2. The monoisotopic (exact) mass is 276 g/mol. The predicted octanol–water partition coefficient (Wildman–Crippen LogP) is -0.0458. The van der Waals surface area contributed by atoms with Crippen LogP contribution >= 0.6 is 0 Å². The molecule has 1 aromatic rings. The summed E-state index contributed by atoms with van der Waals surface area (Å²) in [5, 5.41) is 2.54. The summed E-state index contributed by atoms with van der Waals surface area (Å²) in [7, 11) is 0. The van der Waals surface area contributed by atoms with Gasteiger partial charge >= 0.3 is 0 Å². The highest BCUT2D eigenvalue weighted by Crippen LogP contribution is 2.11. The Bertz CT molecular complexity index is 524. The molecule has 0 radical (unpaired) electrons. The van der Waals surface area contributed by atoms with E-state index in [2.05, 4.69) is 10.3 Å². The fraction of sp³-hybridized carbons (Fsp3) is 0.385. The molecule has 1 N–H and O–H groups in total. The summed E-state index contributed by atoms with van der Waals surface area (Å²) in [6.45, 7) is 3.48. The molecule has 1 aliphatic heterocycles. The van der Waals surface area contributed by atoms with Crippen molar-refractivity contribution >= 4 is 24.0 Å². The van der Waals surface area contributed by atoms with Gasteiger partial charge in [0, 0.05) is 44.9 Å². The fourth-order valence-corrected chi connectivity index (χ4v) is 2.03. The minimum Gasteiger partial charge on any atom is -0.342 e. The molecule has 0 bridgehead atoms. The molecule has 0 saturated carbocycles. The molecule has 1 fully saturated rings. The summed E-state index contributed by atoms with van der Waals surface area (Å²) in [5.74, 6) is 0.00104. The van der Waals surface area contributed by atoms with E-state index in [-0.39, 0.29) is 11.8 Å². The van der Waals surface area contributed by atoms with Gasteiger partial charge in [-0.25, -0.2) is 4.98 Å². The highest BCUT2D eigenvalue weighted by molar-refractivity contribution is 5.96. The SMILES string of the molecule is CC(=O)Nc1cc(C(=O)N2CCN(C=O)CC2)ccn1. The number of hydrogen-bond donors (Lipinski definition) is 1. The molecule has 7 heteroatoms. The van der Waals surface area contributed by atoms with Gasteiger partial charge < -0.3 is 15.1 Å². The van der Waals surface area contributed by atoms with Gasteiger partial charge in [-0.2, -0.15) is 0 Å². The summed E-state index contributed by atoms with van der Waals surface area (Å²) in [6, 6.07) is 3.16. The smallest absolute Gasteiger partial charge is 0.254 e. The lowest BCUT2D eigenvalue weighted by Gasteiger charge is -2.32. The van der Waals surface area contributed by atoms with E-state index in [1.54, 1.807) is 21.9 Å². The zero-order chi connectivity index (χ0) is 14.5. The van der Waals surface area contributed by atoms with Gasteiger partial charge in [0.2, 0.25) is 12.3 Å². The van der Waals surface area contributed by atoms with Crippen LogP contribution in [0.5, 0.6) is 0 Å². The van der Waals surface area contributed by atoms with Gasteiger partial charge in [-0.1, -0.05) is 0 Å². The number of rotatable bonds is 3. The maximum Gasteiger partial charge on any atom is 0.254 e.